The number of hydrogen-bond donors (Lipinski definition) is 1. The third-order valence-electron chi connectivity index (χ3n) is 2.85. The lowest BCUT2D eigenvalue weighted by Crippen LogP contribution is -2.36. The van der Waals surface area contributed by atoms with Crippen LogP contribution in [0.25, 0.3) is 0 Å². The Hall–Kier alpha value is -0.150. The van der Waals surface area contributed by atoms with Crippen molar-refractivity contribution in [2.45, 2.75) is 9.39 Å². The third kappa shape index (κ3) is 3.04. The maximum atomic E-state index is 10.6. The fraction of sp³-hybridized carbons (Fsp3) is 0.143. The summed E-state index contributed by atoms with van der Waals surface area (Å²) in [7, 11) is 0. The maximum Gasteiger partial charge on any atom is 0.202 e. The molecule has 1 atom stereocenters. The number of halogens is 5. The quantitative estimate of drug-likeness (QED) is 0.686. The van der Waals surface area contributed by atoms with Gasteiger partial charge in [0.25, 0.3) is 0 Å². The van der Waals surface area contributed by atoms with Crippen LogP contribution in [-0.2, 0) is 9.39 Å². The molecule has 1 unspecified atom stereocenters. The molecular formula is C14H9Cl5O. The van der Waals surface area contributed by atoms with Gasteiger partial charge in [-0.15, -0.1) is 0 Å². The summed E-state index contributed by atoms with van der Waals surface area (Å²) < 4.78 is -1.76. The minimum absolute atomic E-state index is 0.337. The first kappa shape index (κ1) is 16.2. The summed E-state index contributed by atoms with van der Waals surface area (Å²) in [6.45, 7) is 0. The smallest absolute Gasteiger partial charge is 0.202 e. The molecular weight excluding hydrogens is 361 g/mol. The number of alkyl halides is 3. The van der Waals surface area contributed by atoms with E-state index >= 15 is 0 Å². The molecule has 0 spiro atoms. The predicted molar refractivity (Wildman–Crippen MR) is 86.0 cm³/mol. The largest absolute Gasteiger partial charge is 0.368 e. The highest BCUT2D eigenvalue weighted by Gasteiger charge is 2.49. The normalized spacial score (nSPS) is 14.9. The van der Waals surface area contributed by atoms with Gasteiger partial charge in [0.1, 0.15) is 0 Å². The Morgan fingerprint density at radius 2 is 1.00 bits per heavy atom. The van der Waals surface area contributed by atoms with E-state index in [4.69, 9.17) is 58.0 Å². The molecule has 1 nitrogen and oxygen atoms in total. The lowest BCUT2D eigenvalue weighted by Gasteiger charge is -2.34. The monoisotopic (exact) mass is 368 g/mol. The Morgan fingerprint density at radius 3 is 1.40 bits per heavy atom. The molecule has 0 aliphatic heterocycles. The van der Waals surface area contributed by atoms with Crippen LogP contribution in [0, 0.1) is 0 Å². The van der Waals surface area contributed by atoms with Crippen molar-refractivity contribution in [1.82, 2.24) is 0 Å². The van der Waals surface area contributed by atoms with Crippen LogP contribution >= 0.6 is 58.0 Å². The van der Waals surface area contributed by atoms with E-state index in [1.165, 1.54) is 0 Å². The first-order valence-electron chi connectivity index (χ1n) is 5.56. The summed E-state index contributed by atoms with van der Waals surface area (Å²) in [4.78, 5) is 0. The van der Waals surface area contributed by atoms with E-state index in [1.54, 1.807) is 48.5 Å². The van der Waals surface area contributed by atoms with Gasteiger partial charge in [0, 0.05) is 15.6 Å². The van der Waals surface area contributed by atoms with Crippen LogP contribution in [0.5, 0.6) is 0 Å². The van der Waals surface area contributed by atoms with Gasteiger partial charge in [-0.05, 0) is 29.8 Å². The van der Waals surface area contributed by atoms with Crippen molar-refractivity contribution in [2.75, 3.05) is 0 Å². The van der Waals surface area contributed by atoms with Gasteiger partial charge >= 0.3 is 0 Å². The number of aliphatic hydroxyl groups is 1. The van der Waals surface area contributed by atoms with Crippen molar-refractivity contribution < 1.29 is 5.11 Å². The fourth-order valence-corrected chi connectivity index (χ4v) is 2.66. The molecule has 20 heavy (non-hydrogen) atoms. The molecule has 0 aliphatic carbocycles. The average Bonchev–Trinajstić information content (AvgIpc) is 2.39. The Kier molecular flexibility index (Phi) is 4.80. The molecule has 0 aliphatic rings. The Labute approximate surface area is 142 Å². The van der Waals surface area contributed by atoms with Crippen LogP contribution in [-0.4, -0.2) is 5.11 Å². The summed E-state index contributed by atoms with van der Waals surface area (Å²) in [5.74, 6) is 0. The van der Waals surface area contributed by atoms with Gasteiger partial charge < -0.3 is 5.11 Å². The van der Waals surface area contributed by atoms with Crippen LogP contribution in [0.3, 0.4) is 0 Å². The van der Waals surface area contributed by atoms with Crippen molar-refractivity contribution in [3.8, 4) is 0 Å². The molecule has 2 aromatic rings. The van der Waals surface area contributed by atoms with Crippen molar-refractivity contribution >= 4 is 58.0 Å². The van der Waals surface area contributed by atoms with Crippen molar-refractivity contribution in [2.24, 2.45) is 0 Å². The summed E-state index contributed by atoms with van der Waals surface area (Å²) in [5.41, 5.74) is 0.765. The van der Waals surface area contributed by atoms with Crippen LogP contribution in [0.1, 0.15) is 11.1 Å². The van der Waals surface area contributed by atoms with Gasteiger partial charge in [0.05, 0.1) is 0 Å². The minimum atomic E-state index is -2.02. The van der Waals surface area contributed by atoms with Crippen molar-refractivity contribution in [1.29, 1.82) is 0 Å². The van der Waals surface area contributed by atoms with Crippen molar-refractivity contribution in [3.63, 3.8) is 0 Å². The molecule has 106 valence electrons. The molecule has 0 bridgehead atoms. The minimum Gasteiger partial charge on any atom is -0.368 e. The van der Waals surface area contributed by atoms with E-state index in [0.717, 1.165) is 0 Å². The summed E-state index contributed by atoms with van der Waals surface area (Å²) in [5, 5.41) is 9.58. The number of benzene rings is 2. The molecule has 0 fully saturated rings. The lowest BCUT2D eigenvalue weighted by molar-refractivity contribution is 0.108. The second kappa shape index (κ2) is 5.92. The van der Waals surface area contributed by atoms with Gasteiger partial charge in [-0.2, -0.15) is 0 Å². The highest BCUT2D eigenvalue weighted by atomic mass is 35.5. The van der Waals surface area contributed by atoms with Crippen LogP contribution in [0.4, 0.5) is 0 Å². The standard InChI is InChI=1S/C14H9Cl5O/c15-11-5-1-9(2-6-11)13(17,18)14(19,20)10-3-7-12(16)8-4-10/h1-8,20H. The molecule has 0 aromatic heterocycles. The molecule has 0 saturated heterocycles. The summed E-state index contributed by atoms with van der Waals surface area (Å²) in [6, 6.07) is 12.7. The van der Waals surface area contributed by atoms with E-state index < -0.39 is 9.39 Å². The molecule has 0 amide bonds. The highest BCUT2D eigenvalue weighted by Crippen LogP contribution is 2.52. The number of rotatable bonds is 3. The number of hydrogen-bond acceptors (Lipinski definition) is 1. The first-order valence-corrected chi connectivity index (χ1v) is 7.45. The van der Waals surface area contributed by atoms with Gasteiger partial charge in [0.2, 0.25) is 5.06 Å². The Balaban J connectivity index is 2.45. The van der Waals surface area contributed by atoms with Gasteiger partial charge in [-0.25, -0.2) is 0 Å². The summed E-state index contributed by atoms with van der Waals surface area (Å²) >= 11 is 30.4. The van der Waals surface area contributed by atoms with E-state index in [0.29, 0.717) is 21.2 Å². The van der Waals surface area contributed by atoms with Crippen LogP contribution in [0.15, 0.2) is 48.5 Å². The van der Waals surface area contributed by atoms with E-state index in [1.807, 2.05) is 0 Å². The topological polar surface area (TPSA) is 20.2 Å². The Morgan fingerprint density at radius 1 is 0.650 bits per heavy atom. The van der Waals surface area contributed by atoms with Gasteiger partial charge in [0.15, 0.2) is 4.33 Å². The SMILES string of the molecule is OC(Cl)(c1ccc(Cl)cc1)C(Cl)(Cl)c1ccc(Cl)cc1. The molecule has 1 N–H and O–H groups in total. The molecule has 0 saturated carbocycles. The average molecular weight is 370 g/mol. The van der Waals surface area contributed by atoms with Crippen molar-refractivity contribution in [3.05, 3.63) is 69.7 Å². The molecule has 2 rings (SSSR count). The van der Waals surface area contributed by atoms with E-state index in [-0.39, 0.29) is 0 Å². The molecule has 2 aromatic carbocycles. The first-order chi connectivity index (χ1) is 9.25. The Bertz CT molecular complexity index is 534. The van der Waals surface area contributed by atoms with E-state index in [9.17, 15) is 5.11 Å². The van der Waals surface area contributed by atoms with Gasteiger partial charge in [-0.1, -0.05) is 82.3 Å². The predicted octanol–water partition coefficient (Wildman–Crippen LogP) is 5.71. The van der Waals surface area contributed by atoms with E-state index in [2.05, 4.69) is 0 Å². The zero-order valence-corrected chi connectivity index (χ0v) is 13.7. The second-order valence-electron chi connectivity index (χ2n) is 4.21. The zero-order valence-electron chi connectivity index (χ0n) is 9.96. The zero-order chi connectivity index (χ0) is 15.0. The highest BCUT2D eigenvalue weighted by molar-refractivity contribution is 6.52. The van der Waals surface area contributed by atoms with Gasteiger partial charge in [-0.3, -0.25) is 0 Å². The fourth-order valence-electron chi connectivity index (χ4n) is 1.70. The third-order valence-corrected chi connectivity index (χ3v) is 5.03. The molecule has 0 heterocycles. The summed E-state index contributed by atoms with van der Waals surface area (Å²) in [6.07, 6.45) is 0. The molecule has 6 heteroatoms. The maximum absolute atomic E-state index is 10.6. The van der Waals surface area contributed by atoms with Crippen LogP contribution < -0.4 is 0 Å². The van der Waals surface area contributed by atoms with Crippen LogP contribution in [0.2, 0.25) is 10.0 Å². The lowest BCUT2D eigenvalue weighted by atomic mass is 9.99. The molecule has 0 radical (unpaired) electrons. The second-order valence-corrected chi connectivity index (χ2v) is 6.96.